The van der Waals surface area contributed by atoms with E-state index in [1.165, 1.54) is 12.1 Å². The number of benzene rings is 1. The molecule has 0 radical (unpaired) electrons. The number of rotatable bonds is 5. The molecule has 1 atom stereocenters. The zero-order valence-corrected chi connectivity index (χ0v) is 11.7. The lowest BCUT2D eigenvalue weighted by molar-refractivity contribution is -0.0498. The minimum atomic E-state index is -2.84. The fourth-order valence-corrected chi connectivity index (χ4v) is 2.26. The number of nitrogens with one attached hydrogen (secondary N) is 1. The van der Waals surface area contributed by atoms with Gasteiger partial charge in [-0.3, -0.25) is 4.90 Å². The van der Waals surface area contributed by atoms with Crippen molar-refractivity contribution >= 4 is 12.4 Å². The van der Waals surface area contributed by atoms with E-state index in [1.54, 1.807) is 12.1 Å². The third kappa shape index (κ3) is 4.54. The van der Waals surface area contributed by atoms with Crippen LogP contribution >= 0.6 is 12.4 Å². The second-order valence-corrected chi connectivity index (χ2v) is 4.40. The van der Waals surface area contributed by atoms with Gasteiger partial charge >= 0.3 is 6.61 Å². The van der Waals surface area contributed by atoms with Gasteiger partial charge in [-0.2, -0.15) is 8.78 Å². The van der Waals surface area contributed by atoms with Crippen molar-refractivity contribution < 1.29 is 17.9 Å². The van der Waals surface area contributed by atoms with E-state index >= 15 is 0 Å². The molecule has 0 aromatic heterocycles. The predicted molar refractivity (Wildman–Crippen MR) is 73.5 cm³/mol. The summed E-state index contributed by atoms with van der Waals surface area (Å²) in [5, 5.41) is 3.21. The van der Waals surface area contributed by atoms with Crippen LogP contribution in [0.15, 0.2) is 24.3 Å². The topological polar surface area (TPSA) is 24.5 Å². The summed E-state index contributed by atoms with van der Waals surface area (Å²) in [4.78, 5) is 2.06. The van der Waals surface area contributed by atoms with Crippen LogP contribution in [0.1, 0.15) is 11.6 Å². The van der Waals surface area contributed by atoms with Crippen LogP contribution < -0.4 is 10.1 Å². The summed E-state index contributed by atoms with van der Waals surface area (Å²) in [5.41, 5.74) is 0.783. The smallest absolute Gasteiger partial charge is 0.387 e. The zero-order chi connectivity index (χ0) is 13.7. The second-order valence-electron chi connectivity index (χ2n) is 4.40. The number of hydrogen-bond acceptors (Lipinski definition) is 3. The van der Waals surface area contributed by atoms with Crippen molar-refractivity contribution in [1.82, 2.24) is 10.2 Å². The Labute approximate surface area is 122 Å². The van der Waals surface area contributed by atoms with Gasteiger partial charge in [-0.15, -0.1) is 12.4 Å². The second kappa shape index (κ2) is 8.34. The summed E-state index contributed by atoms with van der Waals surface area (Å²) in [6, 6.07) is 5.87. The molecule has 7 heteroatoms. The van der Waals surface area contributed by atoms with Crippen LogP contribution in [-0.2, 0) is 0 Å². The van der Waals surface area contributed by atoms with Gasteiger partial charge in [0.2, 0.25) is 0 Å². The largest absolute Gasteiger partial charge is 0.435 e. The van der Waals surface area contributed by atoms with Gasteiger partial charge in [0.1, 0.15) is 12.4 Å². The van der Waals surface area contributed by atoms with Crippen LogP contribution in [0.3, 0.4) is 0 Å². The molecular formula is C13H18ClF3N2O. The van der Waals surface area contributed by atoms with Crippen LogP contribution in [0.25, 0.3) is 0 Å². The molecule has 1 N–H and O–H groups in total. The lowest BCUT2D eigenvalue weighted by atomic mass is 10.1. The van der Waals surface area contributed by atoms with Crippen LogP contribution in [0, 0.1) is 0 Å². The quantitative estimate of drug-likeness (QED) is 0.905. The average molecular weight is 311 g/mol. The predicted octanol–water partition coefficient (Wildman–Crippen LogP) is 2.63. The normalized spacial score (nSPS) is 17.6. The molecule has 0 bridgehead atoms. The molecule has 1 aliphatic heterocycles. The highest BCUT2D eigenvalue weighted by Crippen LogP contribution is 2.24. The summed E-state index contributed by atoms with van der Waals surface area (Å²) >= 11 is 0. The average Bonchev–Trinajstić information content (AvgIpc) is 2.42. The molecule has 0 spiro atoms. The SMILES string of the molecule is Cl.FC[C@@H](c1ccc(OC(F)F)cc1)N1CCNCC1. The van der Waals surface area contributed by atoms with Crippen molar-refractivity contribution in [3.63, 3.8) is 0 Å². The first-order valence-corrected chi connectivity index (χ1v) is 6.26. The first-order chi connectivity index (χ1) is 9.20. The van der Waals surface area contributed by atoms with Crippen molar-refractivity contribution in [3.8, 4) is 5.75 Å². The van der Waals surface area contributed by atoms with E-state index in [1.807, 2.05) is 0 Å². The van der Waals surface area contributed by atoms with Gasteiger partial charge in [-0.1, -0.05) is 12.1 Å². The summed E-state index contributed by atoms with van der Waals surface area (Å²) in [6.45, 7) is -0.0921. The van der Waals surface area contributed by atoms with Crippen molar-refractivity contribution in [3.05, 3.63) is 29.8 Å². The van der Waals surface area contributed by atoms with Gasteiger partial charge in [-0.25, -0.2) is 4.39 Å². The fourth-order valence-electron chi connectivity index (χ4n) is 2.26. The Kier molecular flexibility index (Phi) is 7.12. The third-order valence-corrected chi connectivity index (χ3v) is 3.23. The molecule has 0 amide bonds. The molecule has 0 unspecified atom stereocenters. The van der Waals surface area contributed by atoms with Gasteiger partial charge in [0.05, 0.1) is 6.04 Å². The maximum Gasteiger partial charge on any atom is 0.387 e. The summed E-state index contributed by atoms with van der Waals surface area (Å²) in [5.74, 6) is 0.0941. The Balaban J connectivity index is 0.00000200. The van der Waals surface area contributed by atoms with Gasteiger partial charge < -0.3 is 10.1 Å². The minimum Gasteiger partial charge on any atom is -0.435 e. The highest BCUT2D eigenvalue weighted by molar-refractivity contribution is 5.85. The molecule has 114 valence electrons. The fraction of sp³-hybridized carbons (Fsp3) is 0.538. The van der Waals surface area contributed by atoms with E-state index in [4.69, 9.17) is 0 Å². The molecule has 3 nitrogen and oxygen atoms in total. The van der Waals surface area contributed by atoms with E-state index in [-0.39, 0.29) is 24.2 Å². The Morgan fingerprint density at radius 1 is 1.15 bits per heavy atom. The molecule has 1 aromatic carbocycles. The molecule has 20 heavy (non-hydrogen) atoms. The molecular weight excluding hydrogens is 293 g/mol. The summed E-state index contributed by atoms with van der Waals surface area (Å²) in [7, 11) is 0. The van der Waals surface area contributed by atoms with Gasteiger partial charge in [0.15, 0.2) is 0 Å². The number of ether oxygens (including phenoxy) is 1. The first-order valence-electron chi connectivity index (χ1n) is 6.26. The Morgan fingerprint density at radius 2 is 1.75 bits per heavy atom. The Hall–Kier alpha value is -0.980. The summed E-state index contributed by atoms with van der Waals surface area (Å²) < 4.78 is 41.6. The number of alkyl halides is 3. The maximum absolute atomic E-state index is 13.2. The van der Waals surface area contributed by atoms with Crippen LogP contribution in [0.2, 0.25) is 0 Å². The minimum absolute atomic E-state index is 0. The lowest BCUT2D eigenvalue weighted by Gasteiger charge is -2.33. The molecule has 1 aromatic rings. The number of piperazine rings is 1. The molecule has 1 saturated heterocycles. The zero-order valence-electron chi connectivity index (χ0n) is 10.9. The van der Waals surface area contributed by atoms with Crippen LogP contribution in [-0.4, -0.2) is 44.4 Å². The van der Waals surface area contributed by atoms with Gasteiger partial charge in [0, 0.05) is 26.2 Å². The van der Waals surface area contributed by atoms with Crippen molar-refractivity contribution in [1.29, 1.82) is 0 Å². The van der Waals surface area contributed by atoms with Gasteiger partial charge in [-0.05, 0) is 17.7 Å². The summed E-state index contributed by atoms with van der Waals surface area (Å²) in [6.07, 6.45) is 0. The van der Waals surface area contributed by atoms with E-state index in [9.17, 15) is 13.2 Å². The standard InChI is InChI=1S/C13H17F3N2O.ClH/c14-9-12(18-7-5-17-6-8-18)10-1-3-11(4-2-10)19-13(15)16;/h1-4,12-13,17H,5-9H2;1H/t12-;/m0./s1. The van der Waals surface area contributed by atoms with Crippen molar-refractivity contribution in [2.75, 3.05) is 32.9 Å². The van der Waals surface area contributed by atoms with Crippen LogP contribution in [0.5, 0.6) is 5.75 Å². The maximum atomic E-state index is 13.2. The highest BCUT2D eigenvalue weighted by Gasteiger charge is 2.22. The van der Waals surface area contributed by atoms with Crippen LogP contribution in [0.4, 0.5) is 13.2 Å². The Morgan fingerprint density at radius 3 is 2.25 bits per heavy atom. The lowest BCUT2D eigenvalue weighted by Crippen LogP contribution is -2.45. The number of halogens is 4. The van der Waals surface area contributed by atoms with E-state index < -0.39 is 13.3 Å². The molecule has 1 fully saturated rings. The molecule has 0 saturated carbocycles. The molecule has 1 heterocycles. The first kappa shape index (κ1) is 17.1. The van der Waals surface area contributed by atoms with E-state index in [0.29, 0.717) is 0 Å². The Bertz CT molecular complexity index is 386. The van der Waals surface area contributed by atoms with Crippen molar-refractivity contribution in [2.24, 2.45) is 0 Å². The van der Waals surface area contributed by atoms with E-state index in [2.05, 4.69) is 15.0 Å². The molecule has 0 aliphatic carbocycles. The third-order valence-electron chi connectivity index (χ3n) is 3.23. The molecule has 2 rings (SSSR count). The monoisotopic (exact) mass is 310 g/mol. The highest BCUT2D eigenvalue weighted by atomic mass is 35.5. The van der Waals surface area contributed by atoms with E-state index in [0.717, 1.165) is 31.7 Å². The van der Waals surface area contributed by atoms with Gasteiger partial charge in [0.25, 0.3) is 0 Å². The molecule has 1 aliphatic rings. The van der Waals surface area contributed by atoms with Crippen molar-refractivity contribution in [2.45, 2.75) is 12.7 Å². The number of nitrogens with zero attached hydrogens (tertiary/aromatic N) is 1. The number of hydrogen-bond donors (Lipinski definition) is 1.